The number of alkyl halides is 3. The van der Waals surface area contributed by atoms with Gasteiger partial charge in [-0.3, -0.25) is 9.69 Å². The van der Waals surface area contributed by atoms with E-state index in [2.05, 4.69) is 4.98 Å². The van der Waals surface area contributed by atoms with E-state index in [4.69, 9.17) is 17.5 Å². The molecule has 0 radical (unpaired) electrons. The largest absolute Gasteiger partial charge is 0.419 e. The third-order valence-corrected chi connectivity index (χ3v) is 4.61. The molecule has 11 heteroatoms. The first kappa shape index (κ1) is 20.6. The first-order valence-corrected chi connectivity index (χ1v) is 8.61. The van der Waals surface area contributed by atoms with E-state index < -0.39 is 35.0 Å². The number of pyridine rings is 1. The molecule has 0 unspecified atom stereocenters. The second kappa shape index (κ2) is 7.71. The fourth-order valence-electron chi connectivity index (χ4n) is 2.88. The van der Waals surface area contributed by atoms with Crippen LogP contribution in [-0.2, 0) is 11.0 Å². The highest BCUT2D eigenvalue weighted by atomic mass is 32.1. The predicted octanol–water partition coefficient (Wildman–Crippen LogP) is 4.17. The summed E-state index contributed by atoms with van der Waals surface area (Å²) in [5, 5.41) is 8.55. The van der Waals surface area contributed by atoms with Gasteiger partial charge in [-0.1, -0.05) is 6.07 Å². The summed E-state index contributed by atoms with van der Waals surface area (Å²) >= 11 is 5.25. The van der Waals surface area contributed by atoms with Gasteiger partial charge in [-0.2, -0.15) is 18.4 Å². The zero-order valence-corrected chi connectivity index (χ0v) is 15.3. The minimum Gasteiger partial charge on any atom is -0.315 e. The van der Waals surface area contributed by atoms with Crippen molar-refractivity contribution >= 4 is 34.6 Å². The summed E-state index contributed by atoms with van der Waals surface area (Å²) in [4.78, 5) is 18.0. The van der Waals surface area contributed by atoms with Crippen molar-refractivity contribution in [1.82, 2.24) is 4.98 Å². The molecule has 1 aliphatic rings. The van der Waals surface area contributed by atoms with Gasteiger partial charge < -0.3 is 4.90 Å². The highest BCUT2D eigenvalue weighted by Crippen LogP contribution is 2.35. The molecule has 0 aliphatic carbocycles. The number of halogens is 5. The molecule has 1 amide bonds. The van der Waals surface area contributed by atoms with E-state index in [1.54, 1.807) is 0 Å². The molecule has 5 nitrogen and oxygen atoms in total. The molecular weight excluding hydrogens is 415 g/mol. The van der Waals surface area contributed by atoms with Gasteiger partial charge in [0, 0.05) is 13.0 Å². The molecule has 150 valence electrons. The second-order valence-electron chi connectivity index (χ2n) is 6.04. The van der Waals surface area contributed by atoms with Crippen molar-refractivity contribution in [3.8, 4) is 6.07 Å². The average Bonchev–Trinajstić information content (AvgIpc) is 2.81. The molecule has 2 aromatic rings. The van der Waals surface area contributed by atoms with Crippen molar-refractivity contribution in [2.45, 2.75) is 19.0 Å². The van der Waals surface area contributed by atoms with Crippen LogP contribution in [0, 0.1) is 23.0 Å². The number of thiocarbonyl (C=S) groups is 1. The highest BCUT2D eigenvalue weighted by Gasteiger charge is 2.37. The Bertz CT molecular complexity index is 1030. The molecule has 1 fully saturated rings. The normalized spacial score (nSPS) is 15.3. The van der Waals surface area contributed by atoms with Gasteiger partial charge in [0.15, 0.2) is 22.4 Å². The summed E-state index contributed by atoms with van der Waals surface area (Å²) in [6, 6.07) is 5.33. The number of rotatable bonds is 2. The summed E-state index contributed by atoms with van der Waals surface area (Å²) in [6.07, 6.45) is -3.86. The number of carbonyl (C=O) groups excluding carboxylic acids is 1. The van der Waals surface area contributed by atoms with Crippen LogP contribution in [0.2, 0.25) is 0 Å². The number of amides is 1. The van der Waals surface area contributed by atoms with Crippen molar-refractivity contribution in [1.29, 1.82) is 5.26 Å². The van der Waals surface area contributed by atoms with Gasteiger partial charge in [0.05, 0.1) is 23.1 Å². The van der Waals surface area contributed by atoms with Gasteiger partial charge >= 0.3 is 6.18 Å². The number of anilines is 2. The average molecular weight is 426 g/mol. The number of carbonyl (C=O) groups is 1. The summed E-state index contributed by atoms with van der Waals surface area (Å²) < 4.78 is 67.7. The Balaban J connectivity index is 2.10. The second-order valence-corrected chi connectivity index (χ2v) is 6.40. The maximum Gasteiger partial charge on any atom is 0.419 e. The molecular formula is C18H11F5N4OS. The Kier molecular flexibility index (Phi) is 5.48. The Hall–Kier alpha value is -3.13. The van der Waals surface area contributed by atoms with Crippen LogP contribution in [0.4, 0.5) is 33.3 Å². The van der Waals surface area contributed by atoms with E-state index in [1.165, 1.54) is 18.2 Å². The lowest BCUT2D eigenvalue weighted by Gasteiger charge is -2.30. The lowest BCUT2D eigenvalue weighted by Crippen LogP contribution is -2.44. The molecule has 0 saturated carbocycles. The van der Waals surface area contributed by atoms with Gasteiger partial charge in [0.25, 0.3) is 0 Å². The van der Waals surface area contributed by atoms with Crippen LogP contribution >= 0.6 is 12.2 Å². The van der Waals surface area contributed by atoms with E-state index in [-0.39, 0.29) is 35.9 Å². The van der Waals surface area contributed by atoms with Crippen molar-refractivity contribution < 1.29 is 26.7 Å². The summed E-state index contributed by atoms with van der Waals surface area (Å²) in [6.45, 7) is 0.0529. The molecule has 29 heavy (non-hydrogen) atoms. The minimum atomic E-state index is -4.89. The van der Waals surface area contributed by atoms with Crippen LogP contribution in [0.25, 0.3) is 0 Å². The maximum atomic E-state index is 14.3. The van der Waals surface area contributed by atoms with Gasteiger partial charge in [0.2, 0.25) is 5.91 Å². The van der Waals surface area contributed by atoms with Crippen LogP contribution in [0.15, 0.2) is 30.5 Å². The molecule has 1 aromatic carbocycles. The third-order valence-electron chi connectivity index (χ3n) is 4.21. The zero-order chi connectivity index (χ0) is 21.3. The van der Waals surface area contributed by atoms with E-state index >= 15 is 0 Å². The number of benzene rings is 1. The van der Waals surface area contributed by atoms with E-state index in [9.17, 15) is 26.7 Å². The molecule has 0 bridgehead atoms. The van der Waals surface area contributed by atoms with Crippen LogP contribution in [0.3, 0.4) is 0 Å². The fourth-order valence-corrected chi connectivity index (χ4v) is 3.28. The molecule has 1 aromatic heterocycles. The first-order chi connectivity index (χ1) is 13.6. The molecule has 1 saturated heterocycles. The number of nitrogens with zero attached hydrogens (tertiary/aromatic N) is 4. The van der Waals surface area contributed by atoms with Gasteiger partial charge in [-0.25, -0.2) is 13.8 Å². The summed E-state index contributed by atoms with van der Waals surface area (Å²) in [5.41, 5.74) is -2.76. The van der Waals surface area contributed by atoms with Crippen molar-refractivity contribution in [3.05, 3.63) is 53.4 Å². The van der Waals surface area contributed by atoms with Crippen LogP contribution < -0.4 is 9.80 Å². The number of hydrogen-bond donors (Lipinski definition) is 0. The molecule has 0 N–H and O–H groups in total. The SMILES string of the molecule is N#Cc1ncc(N2C(=O)CCCN(c3cccc(F)c3F)C2=S)cc1C(F)(F)F. The number of nitriles is 1. The van der Waals surface area contributed by atoms with Crippen molar-refractivity contribution in [3.63, 3.8) is 0 Å². The molecule has 3 rings (SSSR count). The van der Waals surface area contributed by atoms with Crippen LogP contribution in [-0.4, -0.2) is 22.5 Å². The monoisotopic (exact) mass is 426 g/mol. The smallest absolute Gasteiger partial charge is 0.315 e. The molecule has 2 heterocycles. The van der Waals surface area contributed by atoms with E-state index in [1.807, 2.05) is 0 Å². The number of hydrogen-bond acceptors (Lipinski definition) is 4. The third kappa shape index (κ3) is 3.88. The van der Waals surface area contributed by atoms with Gasteiger partial charge in [-0.15, -0.1) is 0 Å². The quantitative estimate of drug-likeness (QED) is 0.533. The first-order valence-electron chi connectivity index (χ1n) is 8.21. The van der Waals surface area contributed by atoms with E-state index in [0.717, 1.165) is 22.1 Å². The topological polar surface area (TPSA) is 60.2 Å². The summed E-state index contributed by atoms with van der Waals surface area (Å²) in [7, 11) is 0. The van der Waals surface area contributed by atoms with Crippen LogP contribution in [0.1, 0.15) is 24.1 Å². The van der Waals surface area contributed by atoms with E-state index in [0.29, 0.717) is 6.07 Å². The molecule has 0 atom stereocenters. The zero-order valence-electron chi connectivity index (χ0n) is 14.5. The Labute approximate surface area is 167 Å². The lowest BCUT2D eigenvalue weighted by molar-refractivity contribution is -0.138. The van der Waals surface area contributed by atoms with Gasteiger partial charge in [-0.05, 0) is 36.8 Å². The van der Waals surface area contributed by atoms with Gasteiger partial charge in [0.1, 0.15) is 6.07 Å². The lowest BCUT2D eigenvalue weighted by atomic mass is 10.1. The molecule has 1 aliphatic heterocycles. The standard InChI is InChI=1S/C18H11F5N4OS/c19-12-3-1-4-14(16(12)20)26-6-2-5-15(28)27(17(26)29)10-7-11(18(21,22)23)13(8-24)25-9-10/h1,3-4,7,9H,2,5-6H2. The van der Waals surface area contributed by atoms with Crippen molar-refractivity contribution in [2.24, 2.45) is 0 Å². The minimum absolute atomic E-state index is 0.0529. The Morgan fingerprint density at radius 3 is 2.62 bits per heavy atom. The predicted molar refractivity (Wildman–Crippen MR) is 97.0 cm³/mol. The Morgan fingerprint density at radius 1 is 1.24 bits per heavy atom. The van der Waals surface area contributed by atoms with Crippen molar-refractivity contribution in [2.75, 3.05) is 16.3 Å². The highest BCUT2D eigenvalue weighted by molar-refractivity contribution is 7.81. The maximum absolute atomic E-state index is 14.3. The van der Waals surface area contributed by atoms with Crippen LogP contribution in [0.5, 0.6) is 0 Å². The fraction of sp³-hybridized carbons (Fsp3) is 0.222. The number of aromatic nitrogens is 1. The Morgan fingerprint density at radius 2 is 1.97 bits per heavy atom. The summed E-state index contributed by atoms with van der Waals surface area (Å²) in [5.74, 6) is -2.96. The molecule has 0 spiro atoms.